The second kappa shape index (κ2) is 7.01. The van der Waals surface area contributed by atoms with Crippen molar-refractivity contribution in [3.63, 3.8) is 0 Å². The predicted molar refractivity (Wildman–Crippen MR) is 99.5 cm³/mol. The van der Waals surface area contributed by atoms with Crippen molar-refractivity contribution in [2.24, 2.45) is 5.92 Å². The summed E-state index contributed by atoms with van der Waals surface area (Å²) in [5, 5.41) is 0. The number of hydrogen-bond donors (Lipinski definition) is 1. The lowest BCUT2D eigenvalue weighted by molar-refractivity contribution is -0.136. The molecular weight excluding hydrogens is 368 g/mol. The number of H-pyrrole nitrogens is 1. The number of hydrogen-bond acceptors (Lipinski definition) is 5. The summed E-state index contributed by atoms with van der Waals surface area (Å²) in [6.07, 6.45) is 4.98. The van der Waals surface area contributed by atoms with Gasteiger partial charge in [-0.1, -0.05) is 0 Å². The number of carbonyl (C=O) groups is 1. The molecule has 148 valence electrons. The highest BCUT2D eigenvalue weighted by atomic mass is 32.2. The molecule has 27 heavy (non-hydrogen) atoms. The van der Waals surface area contributed by atoms with Crippen LogP contribution >= 0.6 is 0 Å². The van der Waals surface area contributed by atoms with Gasteiger partial charge in [0.2, 0.25) is 15.9 Å². The molecule has 3 heterocycles. The monoisotopic (exact) mass is 394 g/mol. The van der Waals surface area contributed by atoms with E-state index >= 15 is 0 Å². The van der Waals surface area contributed by atoms with Gasteiger partial charge in [-0.15, -0.1) is 0 Å². The zero-order chi connectivity index (χ0) is 19.2. The SMILES string of the molecule is CCS(=O)(=O)N1CCc2c(nc([C@@H]3CCCCN3C(=O)C3CC3)[nH]c2=O)C1. The van der Waals surface area contributed by atoms with Gasteiger partial charge < -0.3 is 9.88 Å². The van der Waals surface area contributed by atoms with E-state index in [0.717, 1.165) is 32.1 Å². The molecule has 0 radical (unpaired) electrons. The minimum absolute atomic E-state index is 0.0324. The van der Waals surface area contributed by atoms with Crippen LogP contribution in [0.25, 0.3) is 0 Å². The molecule has 1 amide bonds. The van der Waals surface area contributed by atoms with Crippen molar-refractivity contribution in [3.8, 4) is 0 Å². The summed E-state index contributed by atoms with van der Waals surface area (Å²) >= 11 is 0. The smallest absolute Gasteiger partial charge is 0.254 e. The van der Waals surface area contributed by atoms with Crippen LogP contribution < -0.4 is 5.56 Å². The molecule has 1 aromatic heterocycles. The van der Waals surface area contributed by atoms with Gasteiger partial charge in [0.05, 0.1) is 24.0 Å². The van der Waals surface area contributed by atoms with E-state index in [-0.39, 0.29) is 35.7 Å². The van der Waals surface area contributed by atoms with Crippen LogP contribution in [0.1, 0.15) is 62.2 Å². The maximum atomic E-state index is 12.7. The first kappa shape index (κ1) is 18.6. The van der Waals surface area contributed by atoms with Crippen molar-refractivity contribution >= 4 is 15.9 Å². The van der Waals surface area contributed by atoms with E-state index < -0.39 is 10.0 Å². The van der Waals surface area contributed by atoms with Crippen LogP contribution in [0.3, 0.4) is 0 Å². The Bertz CT molecular complexity index is 906. The first-order chi connectivity index (χ1) is 12.9. The number of nitrogens with one attached hydrogen (secondary N) is 1. The number of likely N-dealkylation sites (tertiary alicyclic amines) is 1. The highest BCUT2D eigenvalue weighted by Gasteiger charge is 2.39. The summed E-state index contributed by atoms with van der Waals surface area (Å²) in [6.45, 7) is 2.75. The van der Waals surface area contributed by atoms with Gasteiger partial charge in [-0.2, -0.15) is 4.31 Å². The lowest BCUT2D eigenvalue weighted by Gasteiger charge is -2.36. The van der Waals surface area contributed by atoms with Gasteiger partial charge in [0.15, 0.2) is 0 Å². The molecule has 9 heteroatoms. The summed E-state index contributed by atoms with van der Waals surface area (Å²) in [6, 6.07) is -0.219. The number of amides is 1. The Kier molecular flexibility index (Phi) is 4.84. The summed E-state index contributed by atoms with van der Waals surface area (Å²) in [5.74, 6) is 0.823. The van der Waals surface area contributed by atoms with Gasteiger partial charge >= 0.3 is 0 Å². The van der Waals surface area contributed by atoms with Crippen LogP contribution in [-0.4, -0.2) is 52.3 Å². The van der Waals surface area contributed by atoms with Crippen molar-refractivity contribution in [1.29, 1.82) is 0 Å². The Balaban J connectivity index is 1.66. The van der Waals surface area contributed by atoms with Gasteiger partial charge in [0, 0.05) is 24.6 Å². The molecule has 2 aliphatic heterocycles. The molecule has 2 fully saturated rings. The quantitative estimate of drug-likeness (QED) is 0.819. The van der Waals surface area contributed by atoms with Gasteiger partial charge in [0.1, 0.15) is 5.82 Å². The highest BCUT2D eigenvalue weighted by Crippen LogP contribution is 2.37. The number of aromatic amines is 1. The van der Waals surface area contributed by atoms with E-state index in [4.69, 9.17) is 0 Å². The lowest BCUT2D eigenvalue weighted by atomic mass is 10.00. The van der Waals surface area contributed by atoms with Crippen molar-refractivity contribution < 1.29 is 13.2 Å². The average Bonchev–Trinajstić information content (AvgIpc) is 3.52. The molecule has 0 bridgehead atoms. The molecular formula is C18H26N4O4S. The molecule has 0 spiro atoms. The topological polar surface area (TPSA) is 103 Å². The number of nitrogens with zero attached hydrogens (tertiary/aromatic N) is 3. The van der Waals surface area contributed by atoms with Crippen LogP contribution in [0.5, 0.6) is 0 Å². The molecule has 8 nitrogen and oxygen atoms in total. The number of sulfonamides is 1. The van der Waals surface area contributed by atoms with Crippen molar-refractivity contribution in [2.75, 3.05) is 18.8 Å². The van der Waals surface area contributed by atoms with Crippen LogP contribution in [-0.2, 0) is 27.8 Å². The molecule has 0 aromatic carbocycles. The molecule has 1 N–H and O–H groups in total. The minimum atomic E-state index is -3.33. The largest absolute Gasteiger partial charge is 0.332 e. The molecule has 0 unspecified atom stereocenters. The van der Waals surface area contributed by atoms with Gasteiger partial charge in [-0.3, -0.25) is 9.59 Å². The third kappa shape index (κ3) is 3.54. The highest BCUT2D eigenvalue weighted by molar-refractivity contribution is 7.89. The molecule has 1 saturated heterocycles. The zero-order valence-electron chi connectivity index (χ0n) is 15.6. The Morgan fingerprint density at radius 2 is 2.00 bits per heavy atom. The standard InChI is InChI=1S/C18H26N4O4S/c1-2-27(25,26)21-10-8-13-14(11-21)19-16(20-17(13)23)15-5-3-4-9-22(15)18(24)12-6-7-12/h12,15H,2-11H2,1H3,(H,19,20,23)/t15-/m0/s1. The number of carbonyl (C=O) groups excluding carboxylic acids is 1. The number of rotatable bonds is 4. The summed E-state index contributed by atoms with van der Waals surface area (Å²) in [7, 11) is -3.33. The van der Waals surface area contributed by atoms with Gasteiger partial charge in [0.25, 0.3) is 5.56 Å². The van der Waals surface area contributed by atoms with Crippen molar-refractivity contribution in [1.82, 2.24) is 19.2 Å². The first-order valence-corrected chi connectivity index (χ1v) is 11.4. The summed E-state index contributed by atoms with van der Waals surface area (Å²) < 4.78 is 25.8. The second-order valence-electron chi connectivity index (χ2n) is 7.68. The fourth-order valence-electron chi connectivity index (χ4n) is 4.06. The Hall–Kier alpha value is -1.74. The Labute approximate surface area is 159 Å². The van der Waals surface area contributed by atoms with Crippen molar-refractivity contribution in [2.45, 2.75) is 58.0 Å². The van der Waals surface area contributed by atoms with E-state index in [0.29, 0.717) is 36.6 Å². The predicted octanol–water partition coefficient (Wildman–Crippen LogP) is 0.941. The van der Waals surface area contributed by atoms with E-state index in [1.165, 1.54) is 4.31 Å². The molecule has 3 aliphatic rings. The third-order valence-corrected chi connectivity index (χ3v) is 7.67. The fourth-order valence-corrected chi connectivity index (χ4v) is 5.11. The first-order valence-electron chi connectivity index (χ1n) is 9.81. The third-order valence-electron chi connectivity index (χ3n) is 5.84. The normalized spacial score (nSPS) is 23.9. The maximum Gasteiger partial charge on any atom is 0.254 e. The summed E-state index contributed by atoms with van der Waals surface area (Å²) in [5.41, 5.74) is 0.895. The second-order valence-corrected chi connectivity index (χ2v) is 9.94. The molecule has 1 aliphatic carbocycles. The lowest BCUT2D eigenvalue weighted by Crippen LogP contribution is -2.43. The molecule has 1 saturated carbocycles. The minimum Gasteiger partial charge on any atom is -0.332 e. The van der Waals surface area contributed by atoms with E-state index in [1.807, 2.05) is 4.90 Å². The number of fused-ring (bicyclic) bond motifs is 1. The van der Waals surface area contributed by atoms with E-state index in [1.54, 1.807) is 6.92 Å². The van der Waals surface area contributed by atoms with E-state index in [2.05, 4.69) is 9.97 Å². The molecule has 1 aromatic rings. The number of aromatic nitrogens is 2. The fraction of sp³-hybridized carbons (Fsp3) is 0.722. The van der Waals surface area contributed by atoms with Gasteiger partial charge in [-0.25, -0.2) is 13.4 Å². The van der Waals surface area contributed by atoms with Crippen LogP contribution in [0.2, 0.25) is 0 Å². The molecule has 4 rings (SSSR count). The van der Waals surface area contributed by atoms with Crippen LogP contribution in [0, 0.1) is 5.92 Å². The van der Waals surface area contributed by atoms with Crippen molar-refractivity contribution in [3.05, 3.63) is 27.4 Å². The number of piperidine rings is 1. The van der Waals surface area contributed by atoms with Crippen LogP contribution in [0.15, 0.2) is 4.79 Å². The van der Waals surface area contributed by atoms with Crippen LogP contribution in [0.4, 0.5) is 0 Å². The zero-order valence-corrected chi connectivity index (χ0v) is 16.4. The molecule has 1 atom stereocenters. The Morgan fingerprint density at radius 3 is 2.70 bits per heavy atom. The van der Waals surface area contributed by atoms with E-state index in [9.17, 15) is 18.0 Å². The maximum absolute atomic E-state index is 12.7. The summed E-state index contributed by atoms with van der Waals surface area (Å²) in [4.78, 5) is 34.7. The average molecular weight is 394 g/mol. The Morgan fingerprint density at radius 1 is 1.22 bits per heavy atom. The van der Waals surface area contributed by atoms with Gasteiger partial charge in [-0.05, 0) is 45.4 Å².